The molecule has 2 aliphatic heterocycles. The molecule has 2 N–H and O–H groups in total. The van der Waals surface area contributed by atoms with E-state index in [-0.39, 0.29) is 5.54 Å². The van der Waals surface area contributed by atoms with E-state index in [1.165, 1.54) is 0 Å². The Kier molecular flexibility index (Phi) is 1.48. The first-order chi connectivity index (χ1) is 5.18. The van der Waals surface area contributed by atoms with Gasteiger partial charge in [0.25, 0.3) is 0 Å². The zero-order chi connectivity index (χ0) is 8.06. The number of nitrogens with two attached hydrogens (primary N) is 1. The number of rotatable bonds is 1. The molecule has 0 bridgehead atoms. The van der Waals surface area contributed by atoms with Crippen LogP contribution in [0.15, 0.2) is 0 Å². The summed E-state index contributed by atoms with van der Waals surface area (Å²) in [6.07, 6.45) is 1.11. The minimum Gasteiger partial charge on any atom is -0.329 e. The van der Waals surface area contributed by atoms with Gasteiger partial charge in [-0.1, -0.05) is 0 Å². The fourth-order valence-electron chi connectivity index (χ4n) is 2.68. The van der Waals surface area contributed by atoms with E-state index in [1.807, 2.05) is 0 Å². The third kappa shape index (κ3) is 0.842. The van der Waals surface area contributed by atoms with Crippen LogP contribution >= 0.6 is 0 Å². The van der Waals surface area contributed by atoms with Crippen LogP contribution < -0.4 is 5.73 Å². The average molecular weight is 158 g/mol. The highest BCUT2D eigenvalue weighted by Gasteiger charge is 2.54. The van der Waals surface area contributed by atoms with E-state index in [0.29, 0.717) is 25.6 Å². The summed E-state index contributed by atoms with van der Waals surface area (Å²) in [6, 6.07) is 0.555. The molecule has 2 saturated heterocycles. The number of alkyl halides is 1. The van der Waals surface area contributed by atoms with Crippen molar-refractivity contribution in [2.45, 2.75) is 37.5 Å². The van der Waals surface area contributed by atoms with E-state index in [9.17, 15) is 4.39 Å². The van der Waals surface area contributed by atoms with Crippen molar-refractivity contribution in [2.24, 2.45) is 5.73 Å². The molecule has 0 amide bonds. The molecule has 2 heterocycles. The predicted molar refractivity (Wildman–Crippen MR) is 42.1 cm³/mol. The van der Waals surface area contributed by atoms with Gasteiger partial charge in [0.2, 0.25) is 0 Å². The van der Waals surface area contributed by atoms with Gasteiger partial charge in [-0.25, -0.2) is 4.39 Å². The Balaban J connectivity index is 2.12. The highest BCUT2D eigenvalue weighted by atomic mass is 19.1. The Morgan fingerprint density at radius 1 is 1.64 bits per heavy atom. The molecule has 2 rings (SSSR count). The van der Waals surface area contributed by atoms with Gasteiger partial charge < -0.3 is 5.73 Å². The van der Waals surface area contributed by atoms with E-state index in [2.05, 4.69) is 11.8 Å². The van der Waals surface area contributed by atoms with Gasteiger partial charge >= 0.3 is 0 Å². The zero-order valence-electron chi connectivity index (χ0n) is 6.89. The van der Waals surface area contributed by atoms with Gasteiger partial charge in [0.05, 0.1) is 0 Å². The monoisotopic (exact) mass is 158 g/mol. The van der Waals surface area contributed by atoms with Gasteiger partial charge in [-0.2, -0.15) is 0 Å². The van der Waals surface area contributed by atoms with Crippen LogP contribution in [0.1, 0.15) is 19.8 Å². The molecule has 0 saturated carbocycles. The molecule has 3 atom stereocenters. The number of hydrogen-bond donors (Lipinski definition) is 1. The van der Waals surface area contributed by atoms with E-state index < -0.39 is 6.17 Å². The van der Waals surface area contributed by atoms with Gasteiger partial charge in [0.15, 0.2) is 0 Å². The second kappa shape index (κ2) is 2.17. The lowest BCUT2D eigenvalue weighted by Crippen LogP contribution is -2.64. The number of nitrogens with zero attached hydrogens (tertiary/aromatic N) is 1. The van der Waals surface area contributed by atoms with Crippen molar-refractivity contribution in [1.82, 2.24) is 4.90 Å². The molecule has 2 nitrogen and oxygen atoms in total. The van der Waals surface area contributed by atoms with Crippen molar-refractivity contribution in [3.63, 3.8) is 0 Å². The standard InChI is InChI=1S/C8H15FN2/c1-6-2-8(5-10)3-7(9)4-11(6)8/h6-7H,2-5,10H2,1H3. The quantitative estimate of drug-likeness (QED) is 0.603. The van der Waals surface area contributed by atoms with E-state index >= 15 is 0 Å². The maximum Gasteiger partial charge on any atom is 0.115 e. The lowest BCUT2D eigenvalue weighted by Gasteiger charge is -2.52. The van der Waals surface area contributed by atoms with Crippen LogP contribution in [-0.4, -0.2) is 35.7 Å². The molecule has 0 spiro atoms. The fraction of sp³-hybridized carbons (Fsp3) is 1.00. The second-order valence-corrected chi connectivity index (χ2v) is 3.94. The summed E-state index contributed by atoms with van der Waals surface area (Å²) in [5.74, 6) is 0. The smallest absolute Gasteiger partial charge is 0.115 e. The fourth-order valence-corrected chi connectivity index (χ4v) is 2.68. The lowest BCUT2D eigenvalue weighted by molar-refractivity contribution is -0.0221. The van der Waals surface area contributed by atoms with Gasteiger partial charge in [-0.05, 0) is 19.8 Å². The lowest BCUT2D eigenvalue weighted by atomic mass is 9.80. The Morgan fingerprint density at radius 3 is 2.82 bits per heavy atom. The molecular formula is C8H15FN2. The van der Waals surface area contributed by atoms with Crippen molar-refractivity contribution in [3.8, 4) is 0 Å². The highest BCUT2D eigenvalue weighted by Crippen LogP contribution is 2.44. The van der Waals surface area contributed by atoms with Crippen molar-refractivity contribution >= 4 is 0 Å². The van der Waals surface area contributed by atoms with Crippen LogP contribution in [0, 0.1) is 0 Å². The summed E-state index contributed by atoms with van der Waals surface area (Å²) in [5, 5.41) is 0. The molecule has 64 valence electrons. The molecule has 3 unspecified atom stereocenters. The Labute approximate surface area is 66.5 Å². The van der Waals surface area contributed by atoms with Gasteiger partial charge in [-0.3, -0.25) is 4.90 Å². The molecule has 0 radical (unpaired) electrons. The summed E-state index contributed by atoms with van der Waals surface area (Å²) in [4.78, 5) is 2.22. The highest BCUT2D eigenvalue weighted by molar-refractivity contribution is 5.11. The molecule has 11 heavy (non-hydrogen) atoms. The van der Waals surface area contributed by atoms with Crippen LogP contribution in [0.3, 0.4) is 0 Å². The summed E-state index contributed by atoms with van der Waals surface area (Å²) < 4.78 is 13.0. The molecular weight excluding hydrogens is 143 g/mol. The summed E-state index contributed by atoms with van der Waals surface area (Å²) in [7, 11) is 0. The molecule has 0 aromatic heterocycles. The first-order valence-electron chi connectivity index (χ1n) is 4.29. The van der Waals surface area contributed by atoms with E-state index in [4.69, 9.17) is 5.73 Å². The number of hydrogen-bond acceptors (Lipinski definition) is 2. The largest absolute Gasteiger partial charge is 0.329 e. The SMILES string of the molecule is CC1CC2(CN)CC(F)CN12. The van der Waals surface area contributed by atoms with Gasteiger partial charge in [-0.15, -0.1) is 0 Å². The number of fused-ring (bicyclic) bond motifs is 1. The van der Waals surface area contributed by atoms with E-state index in [1.54, 1.807) is 0 Å². The molecule has 0 aromatic rings. The molecule has 2 fully saturated rings. The Hall–Kier alpha value is -0.150. The van der Waals surface area contributed by atoms with Crippen molar-refractivity contribution in [3.05, 3.63) is 0 Å². The van der Waals surface area contributed by atoms with Gasteiger partial charge in [0.1, 0.15) is 6.17 Å². The van der Waals surface area contributed by atoms with Crippen molar-refractivity contribution < 1.29 is 4.39 Å². The zero-order valence-corrected chi connectivity index (χ0v) is 6.89. The van der Waals surface area contributed by atoms with Crippen LogP contribution in [0.25, 0.3) is 0 Å². The first kappa shape index (κ1) is 7.50. The maximum absolute atomic E-state index is 13.0. The average Bonchev–Trinajstić information content (AvgIpc) is 2.23. The minimum atomic E-state index is -0.636. The second-order valence-electron chi connectivity index (χ2n) is 3.94. The summed E-state index contributed by atoms with van der Waals surface area (Å²) >= 11 is 0. The molecule has 0 aromatic carbocycles. The van der Waals surface area contributed by atoms with Crippen LogP contribution in [0.2, 0.25) is 0 Å². The van der Waals surface area contributed by atoms with Crippen LogP contribution in [0.4, 0.5) is 4.39 Å². The van der Waals surface area contributed by atoms with Crippen molar-refractivity contribution in [2.75, 3.05) is 13.1 Å². The molecule has 2 aliphatic rings. The van der Waals surface area contributed by atoms with Gasteiger partial charge in [0, 0.05) is 24.7 Å². The Morgan fingerprint density at radius 2 is 2.36 bits per heavy atom. The third-order valence-corrected chi connectivity index (χ3v) is 3.19. The minimum absolute atomic E-state index is 0.0544. The molecule has 3 heteroatoms. The summed E-state index contributed by atoms with van der Waals surface area (Å²) in [6.45, 7) is 3.38. The normalized spacial score (nSPS) is 50.5. The Bertz CT molecular complexity index is 171. The number of halogens is 1. The maximum atomic E-state index is 13.0. The predicted octanol–water partition coefficient (Wildman–Crippen LogP) is 0.520. The summed E-state index contributed by atoms with van der Waals surface area (Å²) in [5.41, 5.74) is 5.68. The first-order valence-corrected chi connectivity index (χ1v) is 4.29. The topological polar surface area (TPSA) is 29.3 Å². The van der Waals surface area contributed by atoms with Crippen LogP contribution in [-0.2, 0) is 0 Å². The van der Waals surface area contributed by atoms with Crippen LogP contribution in [0.5, 0.6) is 0 Å². The third-order valence-electron chi connectivity index (χ3n) is 3.19. The van der Waals surface area contributed by atoms with E-state index in [0.717, 1.165) is 6.42 Å². The van der Waals surface area contributed by atoms with Crippen molar-refractivity contribution in [1.29, 1.82) is 0 Å². The molecule has 0 aliphatic carbocycles.